The summed E-state index contributed by atoms with van der Waals surface area (Å²) in [4.78, 5) is 25.8. The van der Waals surface area contributed by atoms with Gasteiger partial charge < -0.3 is 4.74 Å². The number of benzene rings is 1. The van der Waals surface area contributed by atoms with E-state index in [2.05, 4.69) is 0 Å². The lowest BCUT2D eigenvalue weighted by molar-refractivity contribution is -0.142. The van der Waals surface area contributed by atoms with Gasteiger partial charge in [-0.15, -0.1) is 0 Å². The first-order valence-corrected chi connectivity index (χ1v) is 6.49. The van der Waals surface area contributed by atoms with E-state index in [0.29, 0.717) is 6.61 Å². The molecule has 18 heavy (non-hydrogen) atoms. The second-order valence-corrected chi connectivity index (χ2v) is 4.57. The van der Waals surface area contributed by atoms with Crippen molar-refractivity contribution in [1.82, 2.24) is 0 Å². The van der Waals surface area contributed by atoms with E-state index in [1.807, 2.05) is 24.3 Å². The Balaban J connectivity index is 2.29. The molecule has 0 saturated carbocycles. The summed E-state index contributed by atoms with van der Waals surface area (Å²) in [6.45, 7) is 1.99. The Kier molecular flexibility index (Phi) is 4.04. The Morgan fingerprint density at radius 3 is 2.94 bits per heavy atom. The maximum absolute atomic E-state index is 11.9. The molecule has 0 N–H and O–H groups in total. The van der Waals surface area contributed by atoms with Crippen molar-refractivity contribution in [3.63, 3.8) is 0 Å². The van der Waals surface area contributed by atoms with Crippen molar-refractivity contribution in [3.05, 3.63) is 35.7 Å². The number of fused-ring (bicyclic) bond motifs is 1. The fourth-order valence-electron chi connectivity index (χ4n) is 1.65. The third-order valence-electron chi connectivity index (χ3n) is 2.42. The summed E-state index contributed by atoms with van der Waals surface area (Å²) in [5.74, 6) is -0.610. The third-order valence-corrected chi connectivity index (χ3v) is 3.29. The second-order valence-electron chi connectivity index (χ2n) is 3.62. The van der Waals surface area contributed by atoms with E-state index in [1.54, 1.807) is 12.3 Å². The number of carbonyl (C=O) groups is 2. The Morgan fingerprint density at radius 2 is 2.17 bits per heavy atom. The quantitative estimate of drug-likeness (QED) is 0.784. The summed E-state index contributed by atoms with van der Waals surface area (Å²) in [5.41, 5.74) is 0.741. The molecule has 0 aromatic heterocycles. The Bertz CT molecular complexity index is 499. The summed E-state index contributed by atoms with van der Waals surface area (Å²) in [7, 11) is 0. The number of para-hydroxylation sites is 1. The van der Waals surface area contributed by atoms with Gasteiger partial charge in [0.25, 0.3) is 5.91 Å². The van der Waals surface area contributed by atoms with Crippen LogP contribution in [0.4, 0.5) is 5.69 Å². The zero-order valence-corrected chi connectivity index (χ0v) is 10.8. The molecule has 0 bridgehead atoms. The van der Waals surface area contributed by atoms with E-state index in [9.17, 15) is 9.59 Å². The number of rotatable bonds is 3. The standard InChI is InChI=1S/C13H13NO3S/c1-2-17-13(16)9-14-10-5-3-4-6-11(10)18-8-7-12(14)15/h3-8H,2,9H2,1H3. The van der Waals surface area contributed by atoms with E-state index in [0.717, 1.165) is 10.6 Å². The van der Waals surface area contributed by atoms with Crippen LogP contribution in [0.1, 0.15) is 6.92 Å². The molecule has 1 amide bonds. The van der Waals surface area contributed by atoms with Crippen LogP contribution in [0, 0.1) is 0 Å². The monoisotopic (exact) mass is 263 g/mol. The first kappa shape index (κ1) is 12.7. The molecule has 0 aliphatic carbocycles. The minimum atomic E-state index is -0.402. The van der Waals surface area contributed by atoms with Gasteiger partial charge in [-0.2, -0.15) is 0 Å². The molecule has 1 aliphatic heterocycles. The molecular weight excluding hydrogens is 250 g/mol. The molecule has 0 spiro atoms. The van der Waals surface area contributed by atoms with Crippen molar-refractivity contribution < 1.29 is 14.3 Å². The van der Waals surface area contributed by atoms with Crippen LogP contribution < -0.4 is 4.90 Å². The zero-order chi connectivity index (χ0) is 13.0. The van der Waals surface area contributed by atoms with Crippen molar-refractivity contribution in [2.75, 3.05) is 18.1 Å². The first-order valence-electron chi connectivity index (χ1n) is 5.61. The second kappa shape index (κ2) is 5.73. The van der Waals surface area contributed by atoms with Crippen LogP contribution in [0.5, 0.6) is 0 Å². The summed E-state index contributed by atoms with van der Waals surface area (Å²) in [6.07, 6.45) is 1.46. The molecule has 0 radical (unpaired) electrons. The van der Waals surface area contributed by atoms with Gasteiger partial charge in [-0.3, -0.25) is 14.5 Å². The molecule has 4 nitrogen and oxygen atoms in total. The number of ether oxygens (including phenoxy) is 1. The zero-order valence-electron chi connectivity index (χ0n) is 9.96. The first-order chi connectivity index (χ1) is 8.72. The number of hydrogen-bond donors (Lipinski definition) is 0. The fourth-order valence-corrected chi connectivity index (χ4v) is 2.44. The molecule has 0 fully saturated rings. The lowest BCUT2D eigenvalue weighted by Gasteiger charge is -2.20. The van der Waals surface area contributed by atoms with Crippen molar-refractivity contribution in [2.24, 2.45) is 0 Å². The highest BCUT2D eigenvalue weighted by atomic mass is 32.2. The molecule has 0 unspecified atom stereocenters. The Labute approximate surface area is 110 Å². The topological polar surface area (TPSA) is 46.6 Å². The van der Waals surface area contributed by atoms with Crippen LogP contribution in [0.15, 0.2) is 40.6 Å². The van der Waals surface area contributed by atoms with E-state index in [-0.39, 0.29) is 12.5 Å². The lowest BCUT2D eigenvalue weighted by Crippen LogP contribution is -2.35. The van der Waals surface area contributed by atoms with Crippen molar-refractivity contribution in [2.45, 2.75) is 11.8 Å². The average Bonchev–Trinajstić information content (AvgIpc) is 2.51. The van der Waals surface area contributed by atoms with E-state index in [4.69, 9.17) is 4.74 Å². The van der Waals surface area contributed by atoms with Gasteiger partial charge >= 0.3 is 5.97 Å². The largest absolute Gasteiger partial charge is 0.465 e. The molecule has 1 aromatic rings. The number of amides is 1. The molecule has 94 valence electrons. The summed E-state index contributed by atoms with van der Waals surface area (Å²) in [5, 5.41) is 1.73. The van der Waals surface area contributed by atoms with Gasteiger partial charge in [0.1, 0.15) is 6.54 Å². The molecular formula is C13H13NO3S. The van der Waals surface area contributed by atoms with Gasteiger partial charge in [0.2, 0.25) is 0 Å². The number of esters is 1. The molecule has 1 aliphatic rings. The van der Waals surface area contributed by atoms with Crippen molar-refractivity contribution >= 4 is 29.3 Å². The summed E-state index contributed by atoms with van der Waals surface area (Å²) >= 11 is 1.46. The van der Waals surface area contributed by atoms with E-state index in [1.165, 1.54) is 22.7 Å². The van der Waals surface area contributed by atoms with Gasteiger partial charge in [0.15, 0.2) is 0 Å². The number of anilines is 1. The van der Waals surface area contributed by atoms with Crippen LogP contribution in [0.2, 0.25) is 0 Å². The highest BCUT2D eigenvalue weighted by Crippen LogP contribution is 2.33. The minimum Gasteiger partial charge on any atom is -0.465 e. The third kappa shape index (κ3) is 2.73. The highest BCUT2D eigenvalue weighted by molar-refractivity contribution is 8.02. The molecule has 1 aromatic carbocycles. The number of thioether (sulfide) groups is 1. The van der Waals surface area contributed by atoms with Gasteiger partial charge in [-0.05, 0) is 24.5 Å². The molecule has 5 heteroatoms. The summed E-state index contributed by atoms with van der Waals surface area (Å²) < 4.78 is 4.89. The van der Waals surface area contributed by atoms with Gasteiger partial charge in [-0.25, -0.2) is 0 Å². The summed E-state index contributed by atoms with van der Waals surface area (Å²) in [6, 6.07) is 7.49. The van der Waals surface area contributed by atoms with E-state index < -0.39 is 5.97 Å². The van der Waals surface area contributed by atoms with Gasteiger partial charge in [0.05, 0.1) is 12.3 Å². The lowest BCUT2D eigenvalue weighted by atomic mass is 10.2. The van der Waals surface area contributed by atoms with Crippen molar-refractivity contribution in [1.29, 1.82) is 0 Å². The van der Waals surface area contributed by atoms with E-state index >= 15 is 0 Å². The number of carbonyl (C=O) groups excluding carboxylic acids is 2. The van der Waals surface area contributed by atoms with Crippen LogP contribution in [-0.4, -0.2) is 25.0 Å². The highest BCUT2D eigenvalue weighted by Gasteiger charge is 2.22. The number of nitrogens with zero attached hydrogens (tertiary/aromatic N) is 1. The number of hydrogen-bond acceptors (Lipinski definition) is 4. The Hall–Kier alpha value is -1.75. The van der Waals surface area contributed by atoms with Crippen LogP contribution in [0.3, 0.4) is 0 Å². The maximum atomic E-state index is 11.9. The maximum Gasteiger partial charge on any atom is 0.326 e. The molecule has 0 atom stereocenters. The van der Waals surface area contributed by atoms with Crippen LogP contribution in [0.25, 0.3) is 0 Å². The Morgan fingerprint density at radius 1 is 1.39 bits per heavy atom. The molecule has 0 saturated heterocycles. The van der Waals surface area contributed by atoms with Gasteiger partial charge in [0, 0.05) is 11.0 Å². The van der Waals surface area contributed by atoms with Crippen molar-refractivity contribution in [3.8, 4) is 0 Å². The van der Waals surface area contributed by atoms with Crippen LogP contribution in [-0.2, 0) is 14.3 Å². The fraction of sp³-hybridized carbons (Fsp3) is 0.231. The SMILES string of the molecule is CCOC(=O)CN1C(=O)C=CSc2ccccc21. The average molecular weight is 263 g/mol. The van der Waals surface area contributed by atoms with Crippen LogP contribution >= 0.6 is 11.8 Å². The minimum absolute atomic E-state index is 0.0609. The smallest absolute Gasteiger partial charge is 0.326 e. The predicted molar refractivity (Wildman–Crippen MR) is 70.4 cm³/mol. The van der Waals surface area contributed by atoms with Gasteiger partial charge in [-0.1, -0.05) is 23.9 Å². The molecule has 1 heterocycles. The molecule has 2 rings (SSSR count). The predicted octanol–water partition coefficient (Wildman–Crippen LogP) is 2.20. The normalized spacial score (nSPS) is 14.1.